The molecule has 1 aromatic carbocycles. The molecule has 1 rings (SSSR count). The highest BCUT2D eigenvalue weighted by Crippen LogP contribution is 2.16. The molecule has 88 valence electrons. The van der Waals surface area contributed by atoms with Crippen LogP contribution >= 0.6 is 0 Å². The molecule has 0 aliphatic heterocycles. The Morgan fingerprint density at radius 1 is 1.38 bits per heavy atom. The molecule has 0 aliphatic carbocycles. The molecule has 1 aromatic rings. The zero-order chi connectivity index (χ0) is 12.0. The molecule has 0 amide bonds. The number of esters is 1. The Morgan fingerprint density at radius 2 is 2.00 bits per heavy atom. The summed E-state index contributed by atoms with van der Waals surface area (Å²) in [4.78, 5) is 11.6. The summed E-state index contributed by atoms with van der Waals surface area (Å²) in [5.41, 5.74) is 11.5. The summed E-state index contributed by atoms with van der Waals surface area (Å²) < 4.78 is 4.72. The van der Waals surface area contributed by atoms with Gasteiger partial charge in [0.15, 0.2) is 0 Å². The fraction of sp³-hybridized carbons (Fsp3) is 0.417. The second-order valence-corrected chi connectivity index (χ2v) is 3.85. The molecule has 1 atom stereocenters. The Bertz CT molecular complexity index is 340. The van der Waals surface area contributed by atoms with Gasteiger partial charge in [0.05, 0.1) is 7.11 Å². The molecule has 0 bridgehead atoms. The topological polar surface area (TPSA) is 78.3 Å². The summed E-state index contributed by atoms with van der Waals surface area (Å²) in [7, 11) is 1.34. The first-order valence-electron chi connectivity index (χ1n) is 5.23. The van der Waals surface area contributed by atoms with Gasteiger partial charge in [-0.05, 0) is 18.5 Å². The van der Waals surface area contributed by atoms with E-state index in [1.807, 2.05) is 30.3 Å². The van der Waals surface area contributed by atoms with Crippen molar-refractivity contribution in [2.24, 2.45) is 11.5 Å². The maximum Gasteiger partial charge on any atom is 0.326 e. The van der Waals surface area contributed by atoms with E-state index in [1.54, 1.807) is 0 Å². The van der Waals surface area contributed by atoms with E-state index in [4.69, 9.17) is 16.2 Å². The molecule has 0 spiro atoms. The van der Waals surface area contributed by atoms with Gasteiger partial charge in [-0.25, -0.2) is 0 Å². The van der Waals surface area contributed by atoms with Gasteiger partial charge >= 0.3 is 5.97 Å². The van der Waals surface area contributed by atoms with Gasteiger partial charge < -0.3 is 16.2 Å². The van der Waals surface area contributed by atoms with Crippen LogP contribution in [-0.2, 0) is 16.0 Å². The lowest BCUT2D eigenvalue weighted by Crippen LogP contribution is -2.52. The number of rotatable bonds is 5. The van der Waals surface area contributed by atoms with E-state index in [2.05, 4.69) is 0 Å². The third-order valence-electron chi connectivity index (χ3n) is 2.54. The second-order valence-electron chi connectivity index (χ2n) is 3.85. The lowest BCUT2D eigenvalue weighted by Gasteiger charge is -2.26. The molecule has 0 radical (unpaired) electrons. The van der Waals surface area contributed by atoms with Crippen molar-refractivity contribution in [1.82, 2.24) is 0 Å². The summed E-state index contributed by atoms with van der Waals surface area (Å²) in [5, 5.41) is 0. The van der Waals surface area contributed by atoms with Crippen LogP contribution in [0, 0.1) is 0 Å². The molecule has 0 unspecified atom stereocenters. The summed E-state index contributed by atoms with van der Waals surface area (Å²) >= 11 is 0. The van der Waals surface area contributed by atoms with Crippen LogP contribution in [0.25, 0.3) is 0 Å². The number of benzene rings is 1. The molecule has 0 heterocycles. The van der Waals surface area contributed by atoms with Crippen molar-refractivity contribution in [2.75, 3.05) is 13.7 Å². The number of hydrogen-bond donors (Lipinski definition) is 2. The third kappa shape index (κ3) is 3.05. The normalized spacial score (nSPS) is 14.2. The van der Waals surface area contributed by atoms with E-state index >= 15 is 0 Å². The molecule has 16 heavy (non-hydrogen) atoms. The Labute approximate surface area is 95.6 Å². The van der Waals surface area contributed by atoms with Crippen LogP contribution in [-0.4, -0.2) is 25.2 Å². The van der Waals surface area contributed by atoms with Crippen molar-refractivity contribution in [2.45, 2.75) is 18.4 Å². The fourth-order valence-corrected chi connectivity index (χ4v) is 1.68. The highest BCUT2D eigenvalue weighted by molar-refractivity contribution is 5.80. The molecule has 0 aliphatic rings. The Kier molecular flexibility index (Phi) is 4.46. The first kappa shape index (κ1) is 12.7. The largest absolute Gasteiger partial charge is 0.468 e. The van der Waals surface area contributed by atoms with Crippen LogP contribution in [0.1, 0.15) is 12.0 Å². The number of carbonyl (C=O) groups is 1. The first-order valence-corrected chi connectivity index (χ1v) is 5.23. The van der Waals surface area contributed by atoms with E-state index in [1.165, 1.54) is 7.11 Å². The van der Waals surface area contributed by atoms with E-state index in [9.17, 15) is 4.79 Å². The number of nitrogens with two attached hydrogens (primary N) is 2. The predicted octanol–water partition coefficient (Wildman–Crippen LogP) is 0.448. The minimum absolute atomic E-state index is 0.360. The predicted molar refractivity (Wildman–Crippen MR) is 62.8 cm³/mol. The summed E-state index contributed by atoms with van der Waals surface area (Å²) in [5.74, 6) is -0.415. The quantitative estimate of drug-likeness (QED) is 0.709. The Morgan fingerprint density at radius 3 is 2.50 bits per heavy atom. The maximum absolute atomic E-state index is 11.6. The van der Waals surface area contributed by atoms with Crippen LogP contribution < -0.4 is 11.5 Å². The smallest absolute Gasteiger partial charge is 0.326 e. The summed E-state index contributed by atoms with van der Waals surface area (Å²) in [6.07, 6.45) is 0.853. The van der Waals surface area contributed by atoms with Gasteiger partial charge in [0.2, 0.25) is 0 Å². The van der Waals surface area contributed by atoms with Crippen molar-refractivity contribution in [3.63, 3.8) is 0 Å². The molecule has 0 saturated heterocycles. The zero-order valence-electron chi connectivity index (χ0n) is 9.48. The van der Waals surface area contributed by atoms with Gasteiger partial charge in [-0.1, -0.05) is 30.3 Å². The van der Waals surface area contributed by atoms with E-state index in [0.29, 0.717) is 19.4 Å². The van der Waals surface area contributed by atoms with Crippen LogP contribution in [0.2, 0.25) is 0 Å². The summed E-state index contributed by atoms with van der Waals surface area (Å²) in [6.45, 7) is 0.360. The van der Waals surface area contributed by atoms with Crippen LogP contribution in [0.4, 0.5) is 0 Å². The van der Waals surface area contributed by atoms with Gasteiger partial charge in [0.1, 0.15) is 5.54 Å². The third-order valence-corrected chi connectivity index (χ3v) is 2.54. The molecule has 4 nitrogen and oxygen atoms in total. The van der Waals surface area contributed by atoms with Crippen molar-refractivity contribution < 1.29 is 9.53 Å². The minimum atomic E-state index is -1.02. The first-order chi connectivity index (χ1) is 7.62. The van der Waals surface area contributed by atoms with Gasteiger partial charge in [-0.15, -0.1) is 0 Å². The van der Waals surface area contributed by atoms with Crippen molar-refractivity contribution in [3.8, 4) is 0 Å². The molecule has 4 N–H and O–H groups in total. The SMILES string of the molecule is COC(=O)[C@@](N)(CCN)Cc1ccccc1. The molecule has 0 saturated carbocycles. The van der Waals surface area contributed by atoms with Crippen LogP contribution in [0.15, 0.2) is 30.3 Å². The van der Waals surface area contributed by atoms with Gasteiger partial charge in [-0.3, -0.25) is 4.79 Å². The lowest BCUT2D eigenvalue weighted by molar-refractivity contribution is -0.147. The minimum Gasteiger partial charge on any atom is -0.468 e. The molecular weight excluding hydrogens is 204 g/mol. The van der Waals surface area contributed by atoms with E-state index in [-0.39, 0.29) is 0 Å². The number of methoxy groups -OCH3 is 1. The van der Waals surface area contributed by atoms with Crippen LogP contribution in [0.3, 0.4) is 0 Å². The Balaban J connectivity index is 2.83. The summed E-state index contributed by atoms with van der Waals surface area (Å²) in [6, 6.07) is 9.61. The average Bonchev–Trinajstić information content (AvgIpc) is 2.29. The fourth-order valence-electron chi connectivity index (χ4n) is 1.68. The zero-order valence-corrected chi connectivity index (χ0v) is 9.48. The monoisotopic (exact) mass is 222 g/mol. The van der Waals surface area contributed by atoms with Crippen LogP contribution in [0.5, 0.6) is 0 Å². The number of hydrogen-bond acceptors (Lipinski definition) is 4. The molecule has 0 aromatic heterocycles. The second kappa shape index (κ2) is 5.63. The number of carbonyl (C=O) groups excluding carboxylic acids is 1. The van der Waals surface area contributed by atoms with Gasteiger partial charge in [0.25, 0.3) is 0 Å². The highest BCUT2D eigenvalue weighted by Gasteiger charge is 2.34. The van der Waals surface area contributed by atoms with E-state index < -0.39 is 11.5 Å². The molecule has 4 heteroatoms. The standard InChI is InChI=1S/C12H18N2O2/c1-16-11(15)12(14,7-8-13)9-10-5-3-2-4-6-10/h2-6H,7-9,13-14H2,1H3/t12-/m1/s1. The van der Waals surface area contributed by atoms with Crippen molar-refractivity contribution >= 4 is 5.97 Å². The highest BCUT2D eigenvalue weighted by atomic mass is 16.5. The lowest BCUT2D eigenvalue weighted by atomic mass is 9.88. The molecule has 0 fully saturated rings. The van der Waals surface area contributed by atoms with Gasteiger partial charge in [0, 0.05) is 6.42 Å². The van der Waals surface area contributed by atoms with Crippen molar-refractivity contribution in [3.05, 3.63) is 35.9 Å². The molecular formula is C12H18N2O2. The van der Waals surface area contributed by atoms with Crippen molar-refractivity contribution in [1.29, 1.82) is 0 Å². The Hall–Kier alpha value is -1.39. The average molecular weight is 222 g/mol. The maximum atomic E-state index is 11.6. The van der Waals surface area contributed by atoms with E-state index in [0.717, 1.165) is 5.56 Å². The van der Waals surface area contributed by atoms with Gasteiger partial charge in [-0.2, -0.15) is 0 Å². The number of ether oxygens (including phenoxy) is 1.